The Hall–Kier alpha value is -11.2. The lowest BCUT2D eigenvalue weighted by Crippen LogP contribution is -2.36. The number of alkyl halides is 2. The Labute approximate surface area is 646 Å². The lowest BCUT2D eigenvalue weighted by molar-refractivity contribution is -0.152. The van der Waals surface area contributed by atoms with Crippen molar-refractivity contribution < 1.29 is 65.0 Å². The van der Waals surface area contributed by atoms with E-state index in [0.29, 0.717) is 25.0 Å². The van der Waals surface area contributed by atoms with Gasteiger partial charge in [-0.25, -0.2) is 8.42 Å². The van der Waals surface area contributed by atoms with Crippen molar-refractivity contribution in [1.82, 2.24) is 0 Å². The molecule has 15 heteroatoms. The van der Waals surface area contributed by atoms with Crippen LogP contribution in [0.3, 0.4) is 0 Å². The number of fused-ring (bicyclic) bond motifs is 3. The molecular formula is C94H108F2O12S. The number of hydrogen-bond acceptors (Lipinski definition) is 12. The molecule has 0 N–H and O–H groups in total. The number of aryl methyl sites for hydroxylation is 3. The van der Waals surface area contributed by atoms with Crippen LogP contribution in [0.15, 0.2) is 291 Å². The van der Waals surface area contributed by atoms with Gasteiger partial charge in [-0.3, -0.25) is 28.8 Å². The molecule has 12 nitrogen and oxygen atoms in total. The zero-order chi connectivity index (χ0) is 81.8. The second kappa shape index (κ2) is 48.9. The highest BCUT2D eigenvalue weighted by Crippen LogP contribution is 2.45. The number of hydrogen-bond donors (Lipinski definition) is 0. The van der Waals surface area contributed by atoms with Gasteiger partial charge in [0.2, 0.25) is 0 Å². The first-order chi connectivity index (χ1) is 51.4. The number of allylic oxidation sites excluding steroid dienone is 1. The molecule has 1 aliphatic carbocycles. The minimum Gasteiger partial charge on any atom is -0.465 e. The van der Waals surface area contributed by atoms with E-state index in [2.05, 4.69) is 93.2 Å². The molecule has 0 amide bonds. The molecule has 0 heterocycles. The van der Waals surface area contributed by atoms with E-state index < -0.39 is 27.0 Å². The Balaban J connectivity index is 0.000000425. The second-order valence-electron chi connectivity index (χ2n) is 26.4. The molecule has 576 valence electrons. The Morgan fingerprint density at radius 2 is 0.725 bits per heavy atom. The molecule has 0 aromatic heterocycles. The summed E-state index contributed by atoms with van der Waals surface area (Å²) >= 11 is 0. The van der Waals surface area contributed by atoms with E-state index in [0.717, 1.165) is 64.3 Å². The van der Waals surface area contributed by atoms with Gasteiger partial charge >= 0.3 is 23.8 Å². The number of ketones is 4. The zero-order valence-electron chi connectivity index (χ0n) is 66.2. The molecular weight excluding hydrogens is 1390 g/mol. The Kier molecular flexibility index (Phi) is 42.2. The normalized spacial score (nSPS) is 10.6. The fraction of sp³-hybridized carbons (Fsp3) is 0.266. The standard InChI is InChI=1S/C21H18O.C16H14O2.C11H12O.C9H10O2.C8H10O2S.2C8H10.C6H12O2.C4H6F2O.C3H6O/c1-17(22)21(18-11-5-2-6-12-18,19-13-7-3-8-14-19)20-15-9-4-10-16-20;1-11(17)18-10-16-14-8-4-2-6-12(14)13-7-3-5-9-15(13)16;1-8(2)10-6-4-5-7-11(10)9(3)12;1-8(10)11-7-9-5-3-2-4-6-9;1-7-3-5-8(6-4-7)11(2,9)10;2*1-2-8-6-4-3-5-7-8;1-5(7)8-6(2,3)4;1-3(7)4(2,5)6;1-3(2)4/h2-16H,1H3;2-9,16H,10H2,1H3;4-7H,1H2,2-3H3;2-6H,7H2,1H3;3-6H,1-2H3;2*3-7H,2H2,1H3;1-4H3;1-2H3;1-2H3. The maximum Gasteiger partial charge on any atom is 0.303 e. The average Bonchev–Trinajstić information content (AvgIpc) is 1.41. The van der Waals surface area contributed by atoms with Crippen LogP contribution >= 0.6 is 0 Å². The summed E-state index contributed by atoms with van der Waals surface area (Å²) in [7, 11) is -3.02. The number of rotatable bonds is 14. The summed E-state index contributed by atoms with van der Waals surface area (Å²) in [5, 5.41) is 0. The van der Waals surface area contributed by atoms with Crippen LogP contribution in [-0.4, -0.2) is 73.8 Å². The fourth-order valence-corrected chi connectivity index (χ4v) is 11.0. The number of esters is 3. The SMILES string of the molecule is C=C(C)c1ccccc1C(C)=O.CC(=O)C(C)(F)F.CC(=O)C(c1ccccc1)(c1ccccc1)c1ccccc1.CC(=O)OC(C)(C)C.CC(=O)OCC1c2ccccc2-c2ccccc21.CC(=O)OCc1ccccc1.CC(C)=O.CCc1ccccc1.CCc1ccccc1.Cc1ccc(S(C)(=O)=O)cc1. The van der Waals surface area contributed by atoms with Crippen LogP contribution in [-0.2, 0) is 77.7 Å². The summed E-state index contributed by atoms with van der Waals surface area (Å²) in [6.45, 7) is 30.3. The highest BCUT2D eigenvalue weighted by atomic mass is 32.2. The number of halogens is 2. The van der Waals surface area contributed by atoms with E-state index in [-0.39, 0.29) is 46.8 Å². The molecule has 0 aliphatic heterocycles. The second-order valence-corrected chi connectivity index (χ2v) is 28.4. The first-order valence-corrected chi connectivity index (χ1v) is 37.6. The quantitative estimate of drug-likeness (QED) is 0.0435. The van der Waals surface area contributed by atoms with Gasteiger partial charge in [-0.1, -0.05) is 298 Å². The Morgan fingerprint density at radius 1 is 0.413 bits per heavy atom. The third-order valence-corrected chi connectivity index (χ3v) is 16.8. The third-order valence-electron chi connectivity index (χ3n) is 15.6. The molecule has 0 radical (unpaired) electrons. The van der Waals surface area contributed by atoms with Gasteiger partial charge in [-0.2, -0.15) is 8.78 Å². The summed E-state index contributed by atoms with van der Waals surface area (Å²) in [6, 6.07) is 91.5. The highest BCUT2D eigenvalue weighted by Gasteiger charge is 2.41. The molecule has 11 rings (SSSR count). The smallest absolute Gasteiger partial charge is 0.303 e. The highest BCUT2D eigenvalue weighted by molar-refractivity contribution is 7.90. The van der Waals surface area contributed by atoms with Crippen LogP contribution < -0.4 is 0 Å². The maximum atomic E-state index is 12.9. The Bertz CT molecular complexity index is 4280. The van der Waals surface area contributed by atoms with Crippen molar-refractivity contribution >= 4 is 56.5 Å². The van der Waals surface area contributed by atoms with Crippen LogP contribution in [0.1, 0.15) is 176 Å². The van der Waals surface area contributed by atoms with Gasteiger partial charge in [-0.15, -0.1) is 0 Å². The average molecular weight is 1500 g/mol. The predicted octanol–water partition coefficient (Wildman–Crippen LogP) is 21.7. The van der Waals surface area contributed by atoms with Gasteiger partial charge in [0.05, 0.1) is 4.90 Å². The first-order valence-electron chi connectivity index (χ1n) is 35.7. The van der Waals surface area contributed by atoms with Crippen molar-refractivity contribution in [2.24, 2.45) is 0 Å². The molecule has 10 aromatic carbocycles. The van der Waals surface area contributed by atoms with E-state index >= 15 is 0 Å². The minimum atomic E-state index is -3.14. The van der Waals surface area contributed by atoms with E-state index in [1.54, 1.807) is 38.1 Å². The zero-order valence-corrected chi connectivity index (χ0v) is 67.1. The summed E-state index contributed by atoms with van der Waals surface area (Å²) in [6.07, 6.45) is 3.49. The fourth-order valence-electron chi connectivity index (χ4n) is 10.4. The largest absolute Gasteiger partial charge is 0.465 e. The molecule has 0 bridgehead atoms. The monoisotopic (exact) mass is 1500 g/mol. The van der Waals surface area contributed by atoms with Crippen molar-refractivity contribution in [3.8, 4) is 11.1 Å². The molecule has 109 heavy (non-hydrogen) atoms. The maximum absolute atomic E-state index is 12.9. The van der Waals surface area contributed by atoms with Crippen molar-refractivity contribution in [3.05, 3.63) is 347 Å². The molecule has 0 spiro atoms. The van der Waals surface area contributed by atoms with Gasteiger partial charge in [0.1, 0.15) is 35.8 Å². The van der Waals surface area contributed by atoms with Crippen molar-refractivity contribution in [3.63, 3.8) is 0 Å². The third kappa shape index (κ3) is 36.3. The first kappa shape index (κ1) is 93.9. The number of carbonyl (C=O) groups excluding carboxylic acids is 7. The molecule has 10 aromatic rings. The predicted molar refractivity (Wildman–Crippen MR) is 438 cm³/mol. The van der Waals surface area contributed by atoms with Gasteiger partial charge < -0.3 is 19.0 Å². The topological polar surface area (TPSA) is 181 Å². The van der Waals surface area contributed by atoms with Crippen LogP contribution in [0.5, 0.6) is 0 Å². The number of ether oxygens (including phenoxy) is 3. The summed E-state index contributed by atoms with van der Waals surface area (Å²) in [4.78, 5) is 75.2. The Morgan fingerprint density at radius 3 is 0.982 bits per heavy atom. The summed E-state index contributed by atoms with van der Waals surface area (Å²) < 4.78 is 59.7. The van der Waals surface area contributed by atoms with Crippen LogP contribution in [0.2, 0.25) is 0 Å². The summed E-state index contributed by atoms with van der Waals surface area (Å²) in [5.41, 5.74) is 14.5. The van der Waals surface area contributed by atoms with Crippen molar-refractivity contribution in [1.29, 1.82) is 0 Å². The van der Waals surface area contributed by atoms with E-state index in [1.807, 2.05) is 217 Å². The van der Waals surface area contributed by atoms with E-state index in [1.165, 1.54) is 74.3 Å². The lowest BCUT2D eigenvalue weighted by atomic mass is 9.67. The van der Waals surface area contributed by atoms with Crippen LogP contribution in [0.4, 0.5) is 8.78 Å². The van der Waals surface area contributed by atoms with Gasteiger partial charge in [0.25, 0.3) is 0 Å². The van der Waals surface area contributed by atoms with Gasteiger partial charge in [-0.05, 0) is 148 Å². The molecule has 0 saturated heterocycles. The van der Waals surface area contributed by atoms with Crippen LogP contribution in [0.25, 0.3) is 16.7 Å². The molecule has 0 atom stereocenters. The van der Waals surface area contributed by atoms with E-state index in [4.69, 9.17) is 14.2 Å². The molecule has 0 unspecified atom stereocenters. The number of sulfone groups is 1. The minimum absolute atomic E-state index is 0.0913. The lowest BCUT2D eigenvalue weighted by Gasteiger charge is -2.33. The van der Waals surface area contributed by atoms with Gasteiger partial charge in [0.15, 0.2) is 21.4 Å². The number of Topliss-reactive ketones (excluding diaryl/α,β-unsaturated/α-hetero) is 4. The van der Waals surface area contributed by atoms with Gasteiger partial charge in [0, 0.05) is 52.4 Å². The van der Waals surface area contributed by atoms with Crippen molar-refractivity contribution in [2.75, 3.05) is 12.9 Å². The summed E-state index contributed by atoms with van der Waals surface area (Å²) in [5.74, 6) is -4.37. The van der Waals surface area contributed by atoms with E-state index in [9.17, 15) is 50.8 Å². The number of benzene rings is 10. The molecule has 1 aliphatic rings. The molecule has 0 saturated carbocycles. The van der Waals surface area contributed by atoms with Crippen molar-refractivity contribution in [2.45, 2.75) is 158 Å². The van der Waals surface area contributed by atoms with Crippen LogP contribution in [0, 0.1) is 6.92 Å². The number of carbonyl (C=O) groups is 7. The molecule has 0 fully saturated rings.